The fraction of sp³-hybridized carbons (Fsp3) is 0.154. The highest BCUT2D eigenvalue weighted by Gasteiger charge is 2.15. The van der Waals surface area contributed by atoms with E-state index >= 15 is 0 Å². The van der Waals surface area contributed by atoms with E-state index in [-0.39, 0.29) is 12.5 Å². The second-order valence-corrected chi connectivity index (χ2v) is 7.61. The maximum Gasteiger partial charge on any atom is 0.329 e. The minimum absolute atomic E-state index is 0.205. The molecular weight excluding hydrogens is 432 g/mol. The molecule has 3 aromatic rings. The van der Waals surface area contributed by atoms with E-state index in [9.17, 15) is 14.4 Å². The summed E-state index contributed by atoms with van der Waals surface area (Å²) in [7, 11) is 0. The third-order valence-electron chi connectivity index (χ3n) is 4.99. The third-order valence-corrected chi connectivity index (χ3v) is 4.99. The number of rotatable bonds is 7. The van der Waals surface area contributed by atoms with Crippen molar-refractivity contribution in [3.8, 4) is 5.75 Å². The largest absolute Gasteiger partial charge is 0.483 e. The minimum Gasteiger partial charge on any atom is -0.483 e. The normalized spacial score (nSPS) is 10.6. The Morgan fingerprint density at radius 1 is 0.794 bits per heavy atom. The molecule has 8 nitrogen and oxygen atoms in total. The molecule has 3 amide bonds. The summed E-state index contributed by atoms with van der Waals surface area (Å²) in [5.41, 5.74) is 6.69. The van der Waals surface area contributed by atoms with Crippen LogP contribution < -0.4 is 20.8 Å². The molecule has 0 bridgehead atoms. The maximum atomic E-state index is 12.3. The van der Waals surface area contributed by atoms with E-state index in [2.05, 4.69) is 21.2 Å². The zero-order valence-electron chi connectivity index (χ0n) is 19.2. The second kappa shape index (κ2) is 11.4. The third kappa shape index (κ3) is 6.52. The van der Waals surface area contributed by atoms with Gasteiger partial charge in [0.05, 0.1) is 6.21 Å². The van der Waals surface area contributed by atoms with E-state index in [1.165, 1.54) is 6.21 Å². The standard InChI is InChI=1S/C26H26N4O4/c1-17-9-4-6-13-21(17)28-23(31)16-34-22-14-7-5-12-20(22)15-27-30-26(33)25(32)29-24-18(2)10-8-11-19(24)3/h4-15H,16H2,1-3H3,(H,28,31)(H,29,32)(H,30,33)/b27-15-. The Hall–Kier alpha value is -4.46. The molecular formula is C26H26N4O4. The summed E-state index contributed by atoms with van der Waals surface area (Å²) in [5.74, 6) is -1.64. The Morgan fingerprint density at radius 2 is 1.44 bits per heavy atom. The summed E-state index contributed by atoms with van der Waals surface area (Å²) in [6, 6.07) is 19.9. The molecule has 3 rings (SSSR count). The lowest BCUT2D eigenvalue weighted by Crippen LogP contribution is -2.32. The van der Waals surface area contributed by atoms with Gasteiger partial charge in [-0.15, -0.1) is 0 Å². The summed E-state index contributed by atoms with van der Waals surface area (Å²) in [5, 5.41) is 9.25. The Balaban J connectivity index is 1.56. The van der Waals surface area contributed by atoms with E-state index < -0.39 is 11.8 Å². The molecule has 0 aromatic heterocycles. The zero-order chi connectivity index (χ0) is 24.5. The van der Waals surface area contributed by atoms with Crippen LogP contribution in [0.4, 0.5) is 11.4 Å². The molecule has 174 valence electrons. The number of amides is 3. The lowest BCUT2D eigenvalue weighted by atomic mass is 10.1. The van der Waals surface area contributed by atoms with Gasteiger partial charge >= 0.3 is 11.8 Å². The Kier molecular flexibility index (Phi) is 8.12. The first-order chi connectivity index (χ1) is 16.3. The van der Waals surface area contributed by atoms with Crippen LogP contribution in [0.5, 0.6) is 5.75 Å². The molecule has 0 heterocycles. The lowest BCUT2D eigenvalue weighted by Gasteiger charge is -2.11. The van der Waals surface area contributed by atoms with Crippen LogP contribution in [0.3, 0.4) is 0 Å². The Bertz CT molecular complexity index is 1220. The van der Waals surface area contributed by atoms with Gasteiger partial charge in [-0.2, -0.15) is 5.10 Å². The number of nitrogens with one attached hydrogen (secondary N) is 3. The van der Waals surface area contributed by atoms with Crippen LogP contribution >= 0.6 is 0 Å². The van der Waals surface area contributed by atoms with Gasteiger partial charge in [0.25, 0.3) is 5.91 Å². The monoisotopic (exact) mass is 458 g/mol. The molecule has 3 N–H and O–H groups in total. The van der Waals surface area contributed by atoms with Gasteiger partial charge in [-0.25, -0.2) is 5.43 Å². The number of anilines is 2. The molecule has 0 aliphatic heterocycles. The number of benzene rings is 3. The van der Waals surface area contributed by atoms with Crippen LogP contribution in [-0.4, -0.2) is 30.5 Å². The van der Waals surface area contributed by atoms with Crippen molar-refractivity contribution in [1.82, 2.24) is 5.43 Å². The molecule has 8 heteroatoms. The van der Waals surface area contributed by atoms with Gasteiger partial charge in [-0.1, -0.05) is 48.5 Å². The molecule has 0 spiro atoms. The number of hydrogen-bond donors (Lipinski definition) is 3. The number of hydrazone groups is 1. The Labute approximate surface area is 198 Å². The lowest BCUT2D eigenvalue weighted by molar-refractivity contribution is -0.136. The zero-order valence-corrected chi connectivity index (χ0v) is 19.2. The van der Waals surface area contributed by atoms with Crippen LogP contribution in [0.1, 0.15) is 22.3 Å². The molecule has 0 aliphatic rings. The fourth-order valence-electron chi connectivity index (χ4n) is 3.15. The number of ether oxygens (including phenoxy) is 1. The van der Waals surface area contributed by atoms with Gasteiger partial charge < -0.3 is 15.4 Å². The first-order valence-corrected chi connectivity index (χ1v) is 10.6. The highest BCUT2D eigenvalue weighted by Crippen LogP contribution is 2.19. The van der Waals surface area contributed by atoms with Crippen molar-refractivity contribution in [2.24, 2.45) is 5.10 Å². The number of para-hydroxylation sites is 3. The molecule has 0 atom stereocenters. The SMILES string of the molecule is Cc1ccccc1NC(=O)COc1ccccc1/C=N\NC(=O)C(=O)Nc1c(C)cccc1C. The molecule has 0 saturated carbocycles. The summed E-state index contributed by atoms with van der Waals surface area (Å²) in [6.45, 7) is 5.39. The van der Waals surface area contributed by atoms with Crippen molar-refractivity contribution >= 4 is 35.3 Å². The second-order valence-electron chi connectivity index (χ2n) is 7.61. The van der Waals surface area contributed by atoms with Crippen molar-refractivity contribution < 1.29 is 19.1 Å². The number of carbonyl (C=O) groups excluding carboxylic acids is 3. The number of hydrogen-bond acceptors (Lipinski definition) is 5. The van der Waals surface area contributed by atoms with E-state index in [0.29, 0.717) is 22.7 Å². The summed E-state index contributed by atoms with van der Waals surface area (Å²) < 4.78 is 5.63. The van der Waals surface area contributed by atoms with Crippen LogP contribution in [0.2, 0.25) is 0 Å². The van der Waals surface area contributed by atoms with Crippen molar-refractivity contribution in [2.45, 2.75) is 20.8 Å². The highest BCUT2D eigenvalue weighted by atomic mass is 16.5. The van der Waals surface area contributed by atoms with Crippen molar-refractivity contribution in [3.63, 3.8) is 0 Å². The van der Waals surface area contributed by atoms with Gasteiger partial charge in [0.1, 0.15) is 5.75 Å². The van der Waals surface area contributed by atoms with Gasteiger partial charge in [0.2, 0.25) is 0 Å². The average Bonchev–Trinajstić information content (AvgIpc) is 2.82. The molecule has 0 aliphatic carbocycles. The molecule has 34 heavy (non-hydrogen) atoms. The molecule has 3 aromatic carbocycles. The predicted octanol–water partition coefficient (Wildman–Crippen LogP) is 3.72. The first-order valence-electron chi connectivity index (χ1n) is 10.6. The Morgan fingerprint density at radius 3 is 2.18 bits per heavy atom. The van der Waals surface area contributed by atoms with Gasteiger partial charge in [0, 0.05) is 16.9 Å². The molecule has 0 saturated heterocycles. The van der Waals surface area contributed by atoms with E-state index in [1.807, 2.05) is 63.2 Å². The summed E-state index contributed by atoms with van der Waals surface area (Å²) >= 11 is 0. The van der Waals surface area contributed by atoms with Crippen molar-refractivity contribution in [3.05, 3.63) is 89.0 Å². The van der Waals surface area contributed by atoms with E-state index in [0.717, 1.165) is 16.7 Å². The molecule has 0 radical (unpaired) electrons. The fourth-order valence-corrected chi connectivity index (χ4v) is 3.15. The van der Waals surface area contributed by atoms with Crippen molar-refractivity contribution in [2.75, 3.05) is 17.2 Å². The van der Waals surface area contributed by atoms with Gasteiger partial charge in [-0.3, -0.25) is 14.4 Å². The van der Waals surface area contributed by atoms with E-state index in [1.54, 1.807) is 24.3 Å². The van der Waals surface area contributed by atoms with E-state index in [4.69, 9.17) is 4.74 Å². The number of aryl methyl sites for hydroxylation is 3. The molecule has 0 fully saturated rings. The predicted molar refractivity (Wildman–Crippen MR) is 132 cm³/mol. The van der Waals surface area contributed by atoms with Gasteiger partial charge in [-0.05, 0) is 55.7 Å². The van der Waals surface area contributed by atoms with Crippen LogP contribution in [0.15, 0.2) is 71.8 Å². The van der Waals surface area contributed by atoms with Crippen molar-refractivity contribution in [1.29, 1.82) is 0 Å². The summed E-state index contributed by atoms with van der Waals surface area (Å²) in [4.78, 5) is 36.6. The van der Waals surface area contributed by atoms with Crippen LogP contribution in [0.25, 0.3) is 0 Å². The quantitative estimate of drug-likeness (QED) is 0.285. The molecule has 0 unspecified atom stereocenters. The average molecular weight is 459 g/mol. The topological polar surface area (TPSA) is 109 Å². The summed E-state index contributed by atoms with van der Waals surface area (Å²) in [6.07, 6.45) is 1.35. The number of carbonyl (C=O) groups is 3. The first kappa shape index (κ1) is 24.2. The minimum atomic E-state index is -0.907. The highest BCUT2D eigenvalue weighted by molar-refractivity contribution is 6.39. The van der Waals surface area contributed by atoms with Crippen LogP contribution in [-0.2, 0) is 14.4 Å². The number of nitrogens with zero attached hydrogens (tertiary/aromatic N) is 1. The van der Waals surface area contributed by atoms with Gasteiger partial charge in [0.15, 0.2) is 6.61 Å². The van der Waals surface area contributed by atoms with Crippen LogP contribution in [0, 0.1) is 20.8 Å². The smallest absolute Gasteiger partial charge is 0.329 e. The maximum absolute atomic E-state index is 12.3.